The van der Waals surface area contributed by atoms with Crippen LogP contribution in [0.2, 0.25) is 0 Å². The maximum atomic E-state index is 11.3. The Hall–Kier alpha value is -2.25. The number of methoxy groups -OCH3 is 1. The van der Waals surface area contributed by atoms with Crippen molar-refractivity contribution in [3.63, 3.8) is 0 Å². The number of nitrogens with zero attached hydrogens (tertiary/aromatic N) is 2. The molecule has 1 aliphatic carbocycles. The fourth-order valence-corrected chi connectivity index (χ4v) is 4.44. The molecule has 1 unspecified atom stereocenters. The van der Waals surface area contributed by atoms with E-state index in [1.54, 1.807) is 13.3 Å². The van der Waals surface area contributed by atoms with Crippen LogP contribution < -0.4 is 4.74 Å². The van der Waals surface area contributed by atoms with Gasteiger partial charge in [-0.15, -0.1) is 0 Å². The molecule has 2 atom stereocenters. The lowest BCUT2D eigenvalue weighted by molar-refractivity contribution is -0.154. The highest BCUT2D eigenvalue weighted by Gasteiger charge is 2.47. The number of para-hydroxylation sites is 1. The van der Waals surface area contributed by atoms with E-state index in [1.165, 1.54) is 0 Å². The number of ether oxygens (including phenoxy) is 3. The van der Waals surface area contributed by atoms with E-state index in [0.717, 1.165) is 29.4 Å². The van der Waals surface area contributed by atoms with E-state index >= 15 is 0 Å². The van der Waals surface area contributed by atoms with Crippen LogP contribution in [-0.4, -0.2) is 40.0 Å². The highest BCUT2D eigenvalue weighted by Crippen LogP contribution is 2.47. The molecule has 1 aromatic heterocycles. The first-order valence-electron chi connectivity index (χ1n) is 9.76. The second-order valence-electron chi connectivity index (χ2n) is 8.10. The van der Waals surface area contributed by atoms with E-state index < -0.39 is 11.8 Å². The fraction of sp³-hybridized carbons (Fsp3) is 0.571. The average molecular weight is 386 g/mol. The minimum Gasteiger partial charge on any atom is -0.481 e. The molecule has 7 nitrogen and oxygen atoms in total. The zero-order valence-corrected chi connectivity index (χ0v) is 16.4. The maximum absolute atomic E-state index is 11.3. The zero-order valence-electron chi connectivity index (χ0n) is 16.4. The van der Waals surface area contributed by atoms with Gasteiger partial charge in [-0.2, -0.15) is 0 Å². The lowest BCUT2D eigenvalue weighted by Gasteiger charge is -2.32. The van der Waals surface area contributed by atoms with Crippen LogP contribution >= 0.6 is 0 Å². The highest BCUT2D eigenvalue weighted by molar-refractivity contribution is 5.78. The Morgan fingerprint density at radius 3 is 2.64 bits per heavy atom. The molecule has 1 saturated carbocycles. The molecule has 2 fully saturated rings. The molecule has 2 aromatic rings. The Balaban J connectivity index is 1.67. The number of fused-ring (bicyclic) bond motifs is 1. The van der Waals surface area contributed by atoms with Gasteiger partial charge < -0.3 is 19.3 Å². The average Bonchev–Trinajstić information content (AvgIpc) is 3.02. The summed E-state index contributed by atoms with van der Waals surface area (Å²) in [6.45, 7) is 3.83. The topological polar surface area (TPSA) is 90.8 Å². The molecule has 0 radical (unpaired) electrons. The molecular formula is C21H26N2O5. The molecule has 1 saturated heterocycles. The minimum absolute atomic E-state index is 0.150. The Morgan fingerprint density at radius 2 is 1.96 bits per heavy atom. The Kier molecular flexibility index (Phi) is 4.97. The summed E-state index contributed by atoms with van der Waals surface area (Å²) < 4.78 is 17.9. The van der Waals surface area contributed by atoms with Crippen LogP contribution in [0.25, 0.3) is 11.0 Å². The SMILES string of the molecule is COc1cnc2cccc(C3OC(C)(C)O[C@@H]3[C@H]3CC[C@H](C(=O)O)CC3)c2n1. The normalized spacial score (nSPS) is 29.7. The second-order valence-corrected chi connectivity index (χ2v) is 8.10. The summed E-state index contributed by atoms with van der Waals surface area (Å²) in [6.07, 6.45) is 4.16. The molecule has 2 heterocycles. The smallest absolute Gasteiger partial charge is 0.306 e. The molecule has 1 aliphatic heterocycles. The van der Waals surface area contributed by atoms with E-state index in [-0.39, 0.29) is 24.0 Å². The summed E-state index contributed by atoms with van der Waals surface area (Å²) in [5, 5.41) is 9.29. The van der Waals surface area contributed by atoms with Gasteiger partial charge in [0.15, 0.2) is 5.79 Å². The van der Waals surface area contributed by atoms with Crippen molar-refractivity contribution in [1.82, 2.24) is 9.97 Å². The van der Waals surface area contributed by atoms with Gasteiger partial charge in [-0.05, 0) is 51.5 Å². The van der Waals surface area contributed by atoms with Gasteiger partial charge in [-0.3, -0.25) is 4.79 Å². The molecule has 1 N–H and O–H groups in total. The summed E-state index contributed by atoms with van der Waals surface area (Å²) in [5.41, 5.74) is 2.46. The van der Waals surface area contributed by atoms with Crippen molar-refractivity contribution in [2.45, 2.75) is 57.5 Å². The number of aromatic nitrogens is 2. The number of rotatable bonds is 4. The van der Waals surface area contributed by atoms with Crippen molar-refractivity contribution < 1.29 is 24.1 Å². The van der Waals surface area contributed by atoms with E-state index in [2.05, 4.69) is 9.97 Å². The first kappa shape index (κ1) is 19.1. The molecule has 0 amide bonds. The summed E-state index contributed by atoms with van der Waals surface area (Å²) in [6, 6.07) is 5.87. The first-order valence-corrected chi connectivity index (χ1v) is 9.76. The standard InChI is InChI=1S/C21H26N2O5/c1-21(2)27-18(12-7-9-13(10-8-12)20(24)25)19(28-21)14-5-4-6-15-17(14)23-16(26-3)11-22-15/h4-6,11-13,18-19H,7-10H2,1-3H3,(H,24,25)/t12-,13-,18-,19?/m1/s1. The number of hydrogen-bond donors (Lipinski definition) is 1. The predicted octanol–water partition coefficient (Wildman–Crippen LogP) is 3.72. The van der Waals surface area contributed by atoms with Gasteiger partial charge in [0, 0.05) is 5.56 Å². The number of carbonyl (C=O) groups is 1. The molecule has 2 aliphatic rings. The summed E-state index contributed by atoms with van der Waals surface area (Å²) in [4.78, 5) is 20.3. The molecule has 4 rings (SSSR count). The van der Waals surface area contributed by atoms with Gasteiger partial charge >= 0.3 is 5.97 Å². The van der Waals surface area contributed by atoms with Gasteiger partial charge in [-0.1, -0.05) is 12.1 Å². The molecule has 0 bridgehead atoms. The number of aliphatic carboxylic acids is 1. The van der Waals surface area contributed by atoms with Crippen LogP contribution in [-0.2, 0) is 14.3 Å². The third-order valence-corrected chi connectivity index (χ3v) is 5.81. The van der Waals surface area contributed by atoms with Gasteiger partial charge in [-0.25, -0.2) is 9.97 Å². The van der Waals surface area contributed by atoms with Crippen LogP contribution in [0.3, 0.4) is 0 Å². The van der Waals surface area contributed by atoms with Crippen molar-refractivity contribution in [2.75, 3.05) is 7.11 Å². The molecule has 0 spiro atoms. The quantitative estimate of drug-likeness (QED) is 0.856. The van der Waals surface area contributed by atoms with Crippen LogP contribution in [0.1, 0.15) is 51.2 Å². The number of carboxylic acids is 1. The van der Waals surface area contributed by atoms with Gasteiger partial charge in [0.25, 0.3) is 0 Å². The lowest BCUT2D eigenvalue weighted by Crippen LogP contribution is -2.32. The largest absolute Gasteiger partial charge is 0.481 e. The van der Waals surface area contributed by atoms with Gasteiger partial charge in [0.2, 0.25) is 5.88 Å². The van der Waals surface area contributed by atoms with Crippen molar-refractivity contribution in [3.05, 3.63) is 30.0 Å². The highest BCUT2D eigenvalue weighted by atomic mass is 16.8. The molecule has 150 valence electrons. The number of carboxylic acid groups (broad SMARTS) is 1. The van der Waals surface area contributed by atoms with Crippen molar-refractivity contribution >= 4 is 17.0 Å². The van der Waals surface area contributed by atoms with E-state index in [9.17, 15) is 9.90 Å². The van der Waals surface area contributed by atoms with Crippen LogP contribution in [0, 0.1) is 11.8 Å². The Bertz CT molecular complexity index is 876. The number of benzene rings is 1. The zero-order chi connectivity index (χ0) is 19.9. The fourth-order valence-electron chi connectivity index (χ4n) is 4.44. The lowest BCUT2D eigenvalue weighted by atomic mass is 9.77. The van der Waals surface area contributed by atoms with Crippen molar-refractivity contribution in [3.8, 4) is 5.88 Å². The van der Waals surface area contributed by atoms with Crippen LogP contribution in [0.4, 0.5) is 0 Å². The van der Waals surface area contributed by atoms with Gasteiger partial charge in [0.05, 0.1) is 36.4 Å². The summed E-state index contributed by atoms with van der Waals surface area (Å²) >= 11 is 0. The maximum Gasteiger partial charge on any atom is 0.306 e. The third-order valence-electron chi connectivity index (χ3n) is 5.81. The van der Waals surface area contributed by atoms with Crippen molar-refractivity contribution in [1.29, 1.82) is 0 Å². The minimum atomic E-state index is -0.715. The molecular weight excluding hydrogens is 360 g/mol. The first-order chi connectivity index (χ1) is 13.4. The van der Waals surface area contributed by atoms with Gasteiger partial charge in [0.1, 0.15) is 6.10 Å². The number of hydrogen-bond acceptors (Lipinski definition) is 6. The third kappa shape index (κ3) is 3.56. The molecule has 7 heteroatoms. The van der Waals surface area contributed by atoms with E-state index in [0.29, 0.717) is 18.7 Å². The summed E-state index contributed by atoms with van der Waals surface area (Å²) in [7, 11) is 1.57. The second kappa shape index (κ2) is 7.29. The van der Waals surface area contributed by atoms with E-state index in [1.807, 2.05) is 32.0 Å². The summed E-state index contributed by atoms with van der Waals surface area (Å²) in [5.74, 6) is -0.964. The van der Waals surface area contributed by atoms with E-state index in [4.69, 9.17) is 14.2 Å². The monoisotopic (exact) mass is 386 g/mol. The van der Waals surface area contributed by atoms with Crippen LogP contribution in [0.5, 0.6) is 5.88 Å². The van der Waals surface area contributed by atoms with Crippen molar-refractivity contribution in [2.24, 2.45) is 11.8 Å². The Morgan fingerprint density at radius 1 is 1.21 bits per heavy atom. The predicted molar refractivity (Wildman–Crippen MR) is 102 cm³/mol. The molecule has 1 aromatic carbocycles. The molecule has 28 heavy (non-hydrogen) atoms. The Labute approximate surface area is 164 Å². The van der Waals surface area contributed by atoms with Crippen LogP contribution in [0.15, 0.2) is 24.4 Å².